The summed E-state index contributed by atoms with van der Waals surface area (Å²) in [6.45, 7) is 6.80. The first-order valence-corrected chi connectivity index (χ1v) is 5.96. The van der Waals surface area contributed by atoms with Gasteiger partial charge in [-0.05, 0) is 13.5 Å². The van der Waals surface area contributed by atoms with E-state index in [1.165, 1.54) is 0 Å². The maximum Gasteiger partial charge on any atom is 0.0691 e. The second kappa shape index (κ2) is 3.73. The highest BCUT2D eigenvalue weighted by atomic mass is 16.5. The number of nitrogens with two attached hydrogens (primary N) is 1. The van der Waals surface area contributed by atoms with E-state index in [-0.39, 0.29) is 11.0 Å². The zero-order valence-electron chi connectivity index (χ0n) is 10.5. The maximum atomic E-state index is 6.61. The molecule has 3 atom stereocenters. The van der Waals surface area contributed by atoms with Crippen LogP contribution in [0.15, 0.2) is 0 Å². The first-order chi connectivity index (χ1) is 7.43. The summed E-state index contributed by atoms with van der Waals surface area (Å²) in [6, 6.07) is 0. The van der Waals surface area contributed by atoms with Gasteiger partial charge in [-0.25, -0.2) is 0 Å². The quantitative estimate of drug-likeness (QED) is 0.714. The first-order valence-electron chi connectivity index (χ1n) is 5.96. The Balaban J connectivity index is 2.09. The third kappa shape index (κ3) is 1.41. The molecule has 3 nitrogen and oxygen atoms in total. The molecule has 1 aliphatic heterocycles. The molecule has 1 heterocycles. The number of hydrogen-bond donors (Lipinski definition) is 1. The van der Waals surface area contributed by atoms with Gasteiger partial charge in [0.2, 0.25) is 0 Å². The van der Waals surface area contributed by atoms with Crippen molar-refractivity contribution >= 4 is 0 Å². The number of hydrogen-bond acceptors (Lipinski definition) is 3. The summed E-state index contributed by atoms with van der Waals surface area (Å²) in [6.07, 6.45) is 6.76. The van der Waals surface area contributed by atoms with Gasteiger partial charge in [0.25, 0.3) is 0 Å². The predicted molar refractivity (Wildman–Crippen MR) is 64.9 cm³/mol. The van der Waals surface area contributed by atoms with Crippen LogP contribution in [0.2, 0.25) is 0 Å². The van der Waals surface area contributed by atoms with Crippen molar-refractivity contribution in [2.75, 3.05) is 26.7 Å². The zero-order chi connectivity index (χ0) is 12.0. The van der Waals surface area contributed by atoms with Gasteiger partial charge >= 0.3 is 0 Å². The number of rotatable bonds is 3. The molecule has 3 unspecified atom stereocenters. The Bertz CT molecular complexity index is 320. The molecule has 3 heteroatoms. The topological polar surface area (TPSA) is 38.5 Å². The highest BCUT2D eigenvalue weighted by Crippen LogP contribution is 2.58. The lowest BCUT2D eigenvalue weighted by atomic mass is 9.48. The summed E-state index contributed by atoms with van der Waals surface area (Å²) in [7, 11) is 2.04. The van der Waals surface area contributed by atoms with Crippen LogP contribution < -0.4 is 5.73 Å². The zero-order valence-corrected chi connectivity index (χ0v) is 10.5. The van der Waals surface area contributed by atoms with Gasteiger partial charge in [-0.1, -0.05) is 19.8 Å². The normalized spacial score (nSPS) is 40.2. The summed E-state index contributed by atoms with van der Waals surface area (Å²) in [5.41, 5.74) is 6.51. The molecule has 0 bridgehead atoms. The molecule has 0 aromatic carbocycles. The number of likely N-dealkylation sites (N-methyl/N-ethyl adjacent to an activating group) is 1. The van der Waals surface area contributed by atoms with Gasteiger partial charge in [-0.2, -0.15) is 0 Å². The van der Waals surface area contributed by atoms with E-state index in [0.29, 0.717) is 18.6 Å². The lowest BCUT2D eigenvalue weighted by molar-refractivity contribution is -0.161. The maximum absolute atomic E-state index is 6.61. The standard InChI is InChI=1S/C13H22N2O/c1-5-7-15(4)9-13(14)10-6-8-16-11(10)12(13,2)3/h1,10-11H,6-9,14H2,2-4H3. The number of terminal acetylenes is 1. The third-order valence-electron chi connectivity index (χ3n) is 4.56. The van der Waals surface area contributed by atoms with Crippen molar-refractivity contribution in [1.82, 2.24) is 4.90 Å². The van der Waals surface area contributed by atoms with Crippen molar-refractivity contribution in [2.45, 2.75) is 31.9 Å². The van der Waals surface area contributed by atoms with E-state index >= 15 is 0 Å². The number of nitrogens with zero attached hydrogens (tertiary/aromatic N) is 1. The Morgan fingerprint density at radius 2 is 2.25 bits per heavy atom. The van der Waals surface area contributed by atoms with Gasteiger partial charge in [0, 0.05) is 30.0 Å². The van der Waals surface area contributed by atoms with Crippen LogP contribution in [0.1, 0.15) is 20.3 Å². The molecule has 0 aromatic rings. The molecule has 1 aliphatic carbocycles. The Labute approximate surface area is 98.3 Å². The number of fused-ring (bicyclic) bond motifs is 1. The van der Waals surface area contributed by atoms with E-state index < -0.39 is 0 Å². The molecule has 2 fully saturated rings. The van der Waals surface area contributed by atoms with Gasteiger partial charge in [0.05, 0.1) is 12.6 Å². The summed E-state index contributed by atoms with van der Waals surface area (Å²) in [4.78, 5) is 2.14. The van der Waals surface area contributed by atoms with Crippen LogP contribution in [0.3, 0.4) is 0 Å². The fourth-order valence-corrected chi connectivity index (χ4v) is 3.45. The molecular formula is C13H22N2O. The minimum absolute atomic E-state index is 0.0526. The van der Waals surface area contributed by atoms with Gasteiger partial charge in [-0.15, -0.1) is 6.42 Å². The fraction of sp³-hybridized carbons (Fsp3) is 0.846. The summed E-state index contributed by atoms with van der Waals surface area (Å²) < 4.78 is 5.77. The van der Waals surface area contributed by atoms with Crippen LogP contribution in [0.5, 0.6) is 0 Å². The smallest absolute Gasteiger partial charge is 0.0691 e. The predicted octanol–water partition coefficient (Wildman–Crippen LogP) is 0.694. The molecule has 1 saturated heterocycles. The first kappa shape index (κ1) is 11.9. The van der Waals surface area contributed by atoms with Gasteiger partial charge in [0.15, 0.2) is 0 Å². The van der Waals surface area contributed by atoms with E-state index in [2.05, 4.69) is 24.7 Å². The Hall–Kier alpha value is -0.560. The highest BCUT2D eigenvalue weighted by molar-refractivity contribution is 5.21. The third-order valence-corrected chi connectivity index (χ3v) is 4.56. The summed E-state index contributed by atoms with van der Waals surface area (Å²) >= 11 is 0. The van der Waals surface area contributed by atoms with Gasteiger partial charge < -0.3 is 10.5 Å². The molecule has 2 N–H and O–H groups in total. The Morgan fingerprint density at radius 3 is 2.88 bits per heavy atom. The minimum atomic E-state index is -0.153. The SMILES string of the molecule is C#CCN(C)CC1(N)C2CCOC2C1(C)C. The van der Waals surface area contributed by atoms with Crippen LogP contribution in [0.25, 0.3) is 0 Å². The highest BCUT2D eigenvalue weighted by Gasteiger charge is 2.67. The second-order valence-corrected chi connectivity index (χ2v) is 5.83. The average molecular weight is 222 g/mol. The van der Waals surface area contributed by atoms with Crippen molar-refractivity contribution in [3.8, 4) is 12.3 Å². The lowest BCUT2D eigenvalue weighted by Crippen LogP contribution is -2.77. The molecule has 0 amide bonds. The molecular weight excluding hydrogens is 200 g/mol. The van der Waals surface area contributed by atoms with E-state index in [4.69, 9.17) is 16.9 Å². The van der Waals surface area contributed by atoms with Crippen LogP contribution >= 0.6 is 0 Å². The van der Waals surface area contributed by atoms with Crippen molar-refractivity contribution in [1.29, 1.82) is 0 Å². The molecule has 0 aromatic heterocycles. The molecule has 90 valence electrons. The molecule has 16 heavy (non-hydrogen) atoms. The van der Waals surface area contributed by atoms with Crippen molar-refractivity contribution in [3.63, 3.8) is 0 Å². The molecule has 2 rings (SSSR count). The van der Waals surface area contributed by atoms with Crippen LogP contribution in [0.4, 0.5) is 0 Å². The fourth-order valence-electron chi connectivity index (χ4n) is 3.45. The largest absolute Gasteiger partial charge is 0.377 e. The van der Waals surface area contributed by atoms with E-state index in [1.54, 1.807) is 0 Å². The molecule has 0 radical (unpaired) electrons. The molecule has 2 aliphatic rings. The molecule has 1 saturated carbocycles. The van der Waals surface area contributed by atoms with Crippen molar-refractivity contribution in [2.24, 2.45) is 17.1 Å². The second-order valence-electron chi connectivity index (χ2n) is 5.83. The van der Waals surface area contributed by atoms with E-state index in [9.17, 15) is 0 Å². The lowest BCUT2D eigenvalue weighted by Gasteiger charge is -2.63. The number of ether oxygens (including phenoxy) is 1. The average Bonchev–Trinajstić information content (AvgIpc) is 2.64. The summed E-state index contributed by atoms with van der Waals surface area (Å²) in [5, 5.41) is 0. The monoisotopic (exact) mass is 222 g/mol. The van der Waals surface area contributed by atoms with Crippen LogP contribution in [-0.2, 0) is 4.74 Å². The minimum Gasteiger partial charge on any atom is -0.377 e. The summed E-state index contributed by atoms with van der Waals surface area (Å²) in [5.74, 6) is 3.17. The van der Waals surface area contributed by atoms with E-state index in [1.807, 2.05) is 7.05 Å². The van der Waals surface area contributed by atoms with Gasteiger partial charge in [0.1, 0.15) is 0 Å². The van der Waals surface area contributed by atoms with Crippen molar-refractivity contribution in [3.05, 3.63) is 0 Å². The Morgan fingerprint density at radius 1 is 1.56 bits per heavy atom. The van der Waals surface area contributed by atoms with Crippen molar-refractivity contribution < 1.29 is 4.74 Å². The van der Waals surface area contributed by atoms with E-state index in [0.717, 1.165) is 19.6 Å². The van der Waals surface area contributed by atoms with Crippen LogP contribution in [0, 0.1) is 23.7 Å². The Kier molecular flexibility index (Phi) is 2.78. The van der Waals surface area contributed by atoms with Crippen LogP contribution in [-0.4, -0.2) is 43.3 Å². The van der Waals surface area contributed by atoms with Gasteiger partial charge in [-0.3, -0.25) is 4.90 Å². The molecule has 0 spiro atoms.